The molecule has 0 radical (unpaired) electrons. The Bertz CT molecular complexity index is 1110. The van der Waals surface area contributed by atoms with Crippen molar-refractivity contribution in [3.05, 3.63) is 66.1 Å². The lowest BCUT2D eigenvalue weighted by Gasteiger charge is -2.07. The molecule has 7 nitrogen and oxygen atoms in total. The second kappa shape index (κ2) is 7.33. The van der Waals surface area contributed by atoms with Crippen LogP contribution in [0.25, 0.3) is 21.9 Å². The van der Waals surface area contributed by atoms with Gasteiger partial charge < -0.3 is 20.6 Å². The van der Waals surface area contributed by atoms with E-state index in [-0.39, 0.29) is 18.4 Å². The highest BCUT2D eigenvalue weighted by Crippen LogP contribution is 2.17. The number of amides is 2. The standard InChI is InChI=1S/C20H19N5O2/c26-18(21-7-6-14-10-23-17-4-2-1-3-16(14)17)12-25-20(27)15-9-13-5-8-22-19(13)24-11-15/h1-5,8-11,23H,6-7,12H2,(H,21,26)(H,22,24)(H,25,27). The van der Waals surface area contributed by atoms with Gasteiger partial charge in [0.15, 0.2) is 0 Å². The van der Waals surface area contributed by atoms with Gasteiger partial charge in [0.25, 0.3) is 5.91 Å². The van der Waals surface area contributed by atoms with Gasteiger partial charge in [0.1, 0.15) is 5.65 Å². The molecule has 2 amide bonds. The molecule has 3 aromatic heterocycles. The third kappa shape index (κ3) is 3.67. The number of benzene rings is 1. The average Bonchev–Trinajstić information content (AvgIpc) is 3.32. The minimum absolute atomic E-state index is 0.0715. The van der Waals surface area contributed by atoms with E-state index in [1.54, 1.807) is 12.3 Å². The Morgan fingerprint density at radius 3 is 2.89 bits per heavy atom. The molecule has 7 heteroatoms. The number of hydrogen-bond acceptors (Lipinski definition) is 3. The molecular formula is C20H19N5O2. The molecule has 3 heterocycles. The van der Waals surface area contributed by atoms with Crippen molar-refractivity contribution >= 4 is 33.8 Å². The molecule has 0 saturated carbocycles. The molecule has 0 atom stereocenters. The maximum absolute atomic E-state index is 12.2. The van der Waals surface area contributed by atoms with E-state index in [1.165, 1.54) is 6.20 Å². The number of fused-ring (bicyclic) bond motifs is 2. The second-order valence-corrected chi connectivity index (χ2v) is 6.28. The van der Waals surface area contributed by atoms with E-state index < -0.39 is 0 Å². The fourth-order valence-electron chi connectivity index (χ4n) is 3.06. The zero-order chi connectivity index (χ0) is 18.6. The quantitative estimate of drug-likeness (QED) is 0.423. The molecule has 4 aromatic rings. The highest BCUT2D eigenvalue weighted by molar-refractivity contribution is 5.98. The van der Waals surface area contributed by atoms with Crippen LogP contribution in [0.2, 0.25) is 0 Å². The smallest absolute Gasteiger partial charge is 0.253 e. The summed E-state index contributed by atoms with van der Waals surface area (Å²) in [6, 6.07) is 11.6. The third-order valence-corrected chi connectivity index (χ3v) is 4.46. The summed E-state index contributed by atoms with van der Waals surface area (Å²) < 4.78 is 0. The third-order valence-electron chi connectivity index (χ3n) is 4.46. The maximum Gasteiger partial charge on any atom is 0.253 e. The van der Waals surface area contributed by atoms with E-state index in [0.717, 1.165) is 33.9 Å². The minimum atomic E-state index is -0.322. The molecular weight excluding hydrogens is 342 g/mol. The SMILES string of the molecule is O=C(CNC(=O)c1cnc2[nH]ccc2c1)NCCc1c[nH]c2ccccc12. The fourth-order valence-corrected chi connectivity index (χ4v) is 3.06. The zero-order valence-corrected chi connectivity index (χ0v) is 14.6. The molecule has 136 valence electrons. The predicted molar refractivity (Wildman–Crippen MR) is 103 cm³/mol. The van der Waals surface area contributed by atoms with Gasteiger partial charge in [0.2, 0.25) is 5.91 Å². The Hall–Kier alpha value is -3.61. The van der Waals surface area contributed by atoms with E-state index in [1.807, 2.05) is 30.5 Å². The lowest BCUT2D eigenvalue weighted by Crippen LogP contribution is -2.37. The molecule has 0 saturated heterocycles. The van der Waals surface area contributed by atoms with E-state index in [9.17, 15) is 9.59 Å². The Balaban J connectivity index is 1.26. The van der Waals surface area contributed by atoms with E-state index in [0.29, 0.717) is 12.1 Å². The Morgan fingerprint density at radius 1 is 1.07 bits per heavy atom. The summed E-state index contributed by atoms with van der Waals surface area (Å²) in [5.41, 5.74) is 3.38. The molecule has 0 fully saturated rings. The van der Waals surface area contributed by atoms with Crippen LogP contribution in [0.3, 0.4) is 0 Å². The topological polar surface area (TPSA) is 103 Å². The van der Waals surface area contributed by atoms with E-state index in [4.69, 9.17) is 0 Å². The first kappa shape index (κ1) is 16.8. The molecule has 27 heavy (non-hydrogen) atoms. The molecule has 4 rings (SSSR count). The minimum Gasteiger partial charge on any atom is -0.361 e. The first-order valence-corrected chi connectivity index (χ1v) is 8.74. The predicted octanol–water partition coefficient (Wildman–Crippen LogP) is 2.13. The molecule has 0 unspecified atom stereocenters. The first-order valence-electron chi connectivity index (χ1n) is 8.74. The maximum atomic E-state index is 12.2. The number of carbonyl (C=O) groups is 2. The number of nitrogens with one attached hydrogen (secondary N) is 4. The second-order valence-electron chi connectivity index (χ2n) is 6.28. The van der Waals surface area contributed by atoms with Crippen LogP contribution in [-0.2, 0) is 11.2 Å². The number of carbonyl (C=O) groups excluding carboxylic acids is 2. The van der Waals surface area contributed by atoms with Crippen LogP contribution in [0.4, 0.5) is 0 Å². The highest BCUT2D eigenvalue weighted by atomic mass is 16.2. The molecule has 0 spiro atoms. The normalized spacial score (nSPS) is 11.0. The van der Waals surface area contributed by atoms with Crippen LogP contribution < -0.4 is 10.6 Å². The number of aromatic amines is 2. The Labute approximate surface area is 155 Å². The van der Waals surface area contributed by atoms with Gasteiger partial charge in [-0.2, -0.15) is 0 Å². The number of nitrogens with zero attached hydrogens (tertiary/aromatic N) is 1. The van der Waals surface area contributed by atoms with Gasteiger partial charge in [-0.1, -0.05) is 18.2 Å². The number of rotatable bonds is 6. The summed E-state index contributed by atoms with van der Waals surface area (Å²) in [4.78, 5) is 34.5. The lowest BCUT2D eigenvalue weighted by atomic mass is 10.1. The van der Waals surface area contributed by atoms with Crippen LogP contribution >= 0.6 is 0 Å². The van der Waals surface area contributed by atoms with Crippen LogP contribution in [-0.4, -0.2) is 39.9 Å². The van der Waals surface area contributed by atoms with Crippen molar-refractivity contribution in [2.45, 2.75) is 6.42 Å². The van der Waals surface area contributed by atoms with Gasteiger partial charge in [-0.25, -0.2) is 4.98 Å². The number of pyridine rings is 1. The average molecular weight is 361 g/mol. The molecule has 0 aliphatic rings. The van der Waals surface area contributed by atoms with Gasteiger partial charge in [0, 0.05) is 41.4 Å². The number of para-hydroxylation sites is 1. The van der Waals surface area contributed by atoms with Gasteiger partial charge in [0.05, 0.1) is 12.1 Å². The monoisotopic (exact) mass is 361 g/mol. The van der Waals surface area contributed by atoms with Crippen molar-refractivity contribution < 1.29 is 9.59 Å². The highest BCUT2D eigenvalue weighted by Gasteiger charge is 2.10. The van der Waals surface area contributed by atoms with E-state index in [2.05, 4.69) is 31.7 Å². The van der Waals surface area contributed by atoms with Crippen molar-refractivity contribution in [1.82, 2.24) is 25.6 Å². The molecule has 4 N–H and O–H groups in total. The summed E-state index contributed by atoms with van der Waals surface area (Å²) in [6.45, 7) is 0.436. The number of aromatic nitrogens is 3. The van der Waals surface area contributed by atoms with Crippen LogP contribution in [0.5, 0.6) is 0 Å². The van der Waals surface area contributed by atoms with Crippen molar-refractivity contribution in [3.63, 3.8) is 0 Å². The van der Waals surface area contributed by atoms with Crippen LogP contribution in [0.1, 0.15) is 15.9 Å². The Morgan fingerprint density at radius 2 is 1.96 bits per heavy atom. The summed E-state index contributed by atoms with van der Waals surface area (Å²) in [5, 5.41) is 7.46. The van der Waals surface area contributed by atoms with Gasteiger partial charge in [-0.3, -0.25) is 9.59 Å². The number of H-pyrrole nitrogens is 2. The van der Waals surface area contributed by atoms with Crippen LogP contribution in [0.15, 0.2) is 55.0 Å². The van der Waals surface area contributed by atoms with Gasteiger partial charge >= 0.3 is 0 Å². The van der Waals surface area contributed by atoms with Crippen molar-refractivity contribution in [2.24, 2.45) is 0 Å². The summed E-state index contributed by atoms with van der Waals surface area (Å²) >= 11 is 0. The molecule has 0 aliphatic heterocycles. The van der Waals surface area contributed by atoms with Gasteiger partial charge in [-0.15, -0.1) is 0 Å². The lowest BCUT2D eigenvalue weighted by molar-refractivity contribution is -0.120. The molecule has 0 bridgehead atoms. The number of hydrogen-bond donors (Lipinski definition) is 4. The zero-order valence-electron chi connectivity index (χ0n) is 14.6. The summed E-state index contributed by atoms with van der Waals surface area (Å²) in [7, 11) is 0. The van der Waals surface area contributed by atoms with Gasteiger partial charge in [-0.05, 0) is 30.2 Å². The molecule has 1 aromatic carbocycles. The van der Waals surface area contributed by atoms with Crippen LogP contribution in [0, 0.1) is 0 Å². The van der Waals surface area contributed by atoms with E-state index >= 15 is 0 Å². The fraction of sp³-hybridized carbons (Fsp3) is 0.150. The summed E-state index contributed by atoms with van der Waals surface area (Å²) in [6.07, 6.45) is 5.93. The largest absolute Gasteiger partial charge is 0.361 e. The van der Waals surface area contributed by atoms with Crippen molar-refractivity contribution in [3.8, 4) is 0 Å². The summed E-state index contributed by atoms with van der Waals surface area (Å²) in [5.74, 6) is -0.545. The molecule has 0 aliphatic carbocycles. The van der Waals surface area contributed by atoms with Crippen molar-refractivity contribution in [2.75, 3.05) is 13.1 Å². The Kier molecular flexibility index (Phi) is 4.57. The van der Waals surface area contributed by atoms with Crippen molar-refractivity contribution in [1.29, 1.82) is 0 Å². The first-order chi connectivity index (χ1) is 13.2.